The van der Waals surface area contributed by atoms with Crippen LogP contribution in [0.25, 0.3) is 6.08 Å². The second kappa shape index (κ2) is 5.47. The molecule has 3 heteroatoms. The van der Waals surface area contributed by atoms with E-state index in [2.05, 4.69) is 32.2 Å². The van der Waals surface area contributed by atoms with E-state index in [0.29, 0.717) is 0 Å². The summed E-state index contributed by atoms with van der Waals surface area (Å²) in [5.74, 6) is -0.0621. The maximum absolute atomic E-state index is 11.9. The van der Waals surface area contributed by atoms with Crippen LogP contribution < -0.4 is 5.32 Å². The summed E-state index contributed by atoms with van der Waals surface area (Å²) in [6.45, 7) is 6.61. The Hall–Kier alpha value is -1.77. The quantitative estimate of drug-likeness (QED) is 0.666. The van der Waals surface area contributed by atoms with E-state index in [4.69, 9.17) is 4.42 Å². The molecule has 1 aromatic heterocycles. The number of rotatable bonds is 3. The minimum atomic E-state index is -0.0621. The van der Waals surface area contributed by atoms with E-state index in [1.54, 1.807) is 24.7 Å². The lowest BCUT2D eigenvalue weighted by atomic mass is 9.76. The predicted octanol–water partition coefficient (Wildman–Crippen LogP) is 3.54. The SMILES string of the molecule is CC1=CC(NC(=O)/C=C/c2ccoc2)CC(C)(C)C1. The molecule has 1 N–H and O–H groups in total. The maximum Gasteiger partial charge on any atom is 0.244 e. The highest BCUT2D eigenvalue weighted by Gasteiger charge is 2.27. The zero-order chi connectivity index (χ0) is 13.9. The Bertz CT molecular complexity index is 495. The lowest BCUT2D eigenvalue weighted by Gasteiger charge is -2.34. The summed E-state index contributed by atoms with van der Waals surface area (Å²) in [5, 5.41) is 3.03. The van der Waals surface area contributed by atoms with E-state index in [1.807, 2.05) is 6.07 Å². The Morgan fingerprint density at radius 2 is 2.32 bits per heavy atom. The van der Waals surface area contributed by atoms with Gasteiger partial charge in [0.05, 0.1) is 12.5 Å². The number of allylic oxidation sites excluding steroid dienone is 1. The minimum Gasteiger partial charge on any atom is -0.472 e. The molecule has 0 aliphatic heterocycles. The summed E-state index contributed by atoms with van der Waals surface area (Å²) in [7, 11) is 0. The molecule has 1 aliphatic rings. The fraction of sp³-hybridized carbons (Fsp3) is 0.438. The Balaban J connectivity index is 1.94. The fourth-order valence-electron chi connectivity index (χ4n) is 2.75. The molecule has 19 heavy (non-hydrogen) atoms. The van der Waals surface area contributed by atoms with Gasteiger partial charge in [0.2, 0.25) is 5.91 Å². The average Bonchev–Trinajstić information content (AvgIpc) is 2.75. The van der Waals surface area contributed by atoms with Gasteiger partial charge in [-0.1, -0.05) is 25.5 Å². The highest BCUT2D eigenvalue weighted by atomic mass is 16.3. The van der Waals surface area contributed by atoms with Crippen LogP contribution in [-0.2, 0) is 4.79 Å². The zero-order valence-corrected chi connectivity index (χ0v) is 11.8. The molecule has 1 unspecified atom stereocenters. The number of carbonyl (C=O) groups excluding carboxylic acids is 1. The van der Waals surface area contributed by atoms with Crippen LogP contribution in [-0.4, -0.2) is 11.9 Å². The number of hydrogen-bond acceptors (Lipinski definition) is 2. The Kier molecular flexibility index (Phi) is 3.93. The van der Waals surface area contributed by atoms with Gasteiger partial charge in [0.15, 0.2) is 0 Å². The normalized spacial score (nSPS) is 22.3. The first kappa shape index (κ1) is 13.7. The largest absolute Gasteiger partial charge is 0.472 e. The van der Waals surface area contributed by atoms with Gasteiger partial charge in [-0.05, 0) is 37.3 Å². The van der Waals surface area contributed by atoms with Gasteiger partial charge in [-0.15, -0.1) is 0 Å². The predicted molar refractivity (Wildman–Crippen MR) is 76.4 cm³/mol. The summed E-state index contributed by atoms with van der Waals surface area (Å²) in [6.07, 6.45) is 10.7. The van der Waals surface area contributed by atoms with Gasteiger partial charge in [0, 0.05) is 17.7 Å². The lowest BCUT2D eigenvalue weighted by Crippen LogP contribution is -2.38. The second-order valence-corrected chi connectivity index (χ2v) is 6.06. The summed E-state index contributed by atoms with van der Waals surface area (Å²) in [6, 6.07) is 1.95. The number of amides is 1. The van der Waals surface area contributed by atoms with Crippen molar-refractivity contribution in [3.63, 3.8) is 0 Å². The molecule has 0 bridgehead atoms. The molecule has 0 saturated carbocycles. The highest BCUT2D eigenvalue weighted by Crippen LogP contribution is 2.34. The van der Waals surface area contributed by atoms with Crippen LogP contribution in [0.3, 0.4) is 0 Å². The zero-order valence-electron chi connectivity index (χ0n) is 11.8. The van der Waals surface area contributed by atoms with Crippen molar-refractivity contribution >= 4 is 12.0 Å². The highest BCUT2D eigenvalue weighted by molar-refractivity contribution is 5.92. The van der Waals surface area contributed by atoms with Crippen LogP contribution in [0, 0.1) is 5.41 Å². The van der Waals surface area contributed by atoms with Gasteiger partial charge in [0.25, 0.3) is 0 Å². The average molecular weight is 259 g/mol. The molecule has 1 amide bonds. The van der Waals surface area contributed by atoms with Crippen molar-refractivity contribution in [3.05, 3.63) is 41.9 Å². The van der Waals surface area contributed by atoms with Crippen LogP contribution in [0.1, 0.15) is 39.2 Å². The van der Waals surface area contributed by atoms with Crippen molar-refractivity contribution in [1.82, 2.24) is 5.32 Å². The molecular weight excluding hydrogens is 238 g/mol. The van der Waals surface area contributed by atoms with Crippen LogP contribution in [0.4, 0.5) is 0 Å². The van der Waals surface area contributed by atoms with Crippen molar-refractivity contribution < 1.29 is 9.21 Å². The van der Waals surface area contributed by atoms with Gasteiger partial charge in [-0.2, -0.15) is 0 Å². The molecule has 0 fully saturated rings. The summed E-state index contributed by atoms with van der Waals surface area (Å²) >= 11 is 0. The molecule has 0 saturated heterocycles. The van der Waals surface area contributed by atoms with E-state index >= 15 is 0 Å². The maximum atomic E-state index is 11.9. The van der Waals surface area contributed by atoms with E-state index < -0.39 is 0 Å². The van der Waals surface area contributed by atoms with E-state index in [0.717, 1.165) is 18.4 Å². The third kappa shape index (κ3) is 4.12. The summed E-state index contributed by atoms with van der Waals surface area (Å²) in [4.78, 5) is 11.9. The van der Waals surface area contributed by atoms with Crippen LogP contribution in [0.2, 0.25) is 0 Å². The molecule has 0 spiro atoms. The van der Waals surface area contributed by atoms with Crippen molar-refractivity contribution in [2.45, 2.75) is 39.7 Å². The van der Waals surface area contributed by atoms with Gasteiger partial charge in [-0.25, -0.2) is 0 Å². The van der Waals surface area contributed by atoms with E-state index in [-0.39, 0.29) is 17.4 Å². The van der Waals surface area contributed by atoms with Gasteiger partial charge >= 0.3 is 0 Å². The van der Waals surface area contributed by atoms with Gasteiger partial charge in [-0.3, -0.25) is 4.79 Å². The Morgan fingerprint density at radius 3 is 2.95 bits per heavy atom. The molecule has 1 heterocycles. The molecule has 1 aliphatic carbocycles. The number of nitrogens with one attached hydrogen (secondary N) is 1. The van der Waals surface area contributed by atoms with Crippen molar-refractivity contribution in [2.24, 2.45) is 5.41 Å². The van der Waals surface area contributed by atoms with Crippen molar-refractivity contribution in [2.75, 3.05) is 0 Å². The molecule has 3 nitrogen and oxygen atoms in total. The number of carbonyl (C=O) groups is 1. The second-order valence-electron chi connectivity index (χ2n) is 6.06. The Morgan fingerprint density at radius 1 is 1.53 bits per heavy atom. The molecule has 1 aromatic rings. The molecule has 0 radical (unpaired) electrons. The number of furan rings is 1. The monoisotopic (exact) mass is 259 g/mol. The first-order valence-corrected chi connectivity index (χ1v) is 6.63. The van der Waals surface area contributed by atoms with Gasteiger partial charge < -0.3 is 9.73 Å². The molecule has 2 rings (SSSR count). The van der Waals surface area contributed by atoms with E-state index in [9.17, 15) is 4.79 Å². The van der Waals surface area contributed by atoms with Crippen LogP contribution in [0.5, 0.6) is 0 Å². The summed E-state index contributed by atoms with van der Waals surface area (Å²) < 4.78 is 4.95. The smallest absolute Gasteiger partial charge is 0.244 e. The van der Waals surface area contributed by atoms with Crippen molar-refractivity contribution in [3.8, 4) is 0 Å². The van der Waals surface area contributed by atoms with Crippen LogP contribution >= 0.6 is 0 Å². The molecule has 102 valence electrons. The molecule has 1 atom stereocenters. The first-order valence-electron chi connectivity index (χ1n) is 6.63. The molecule has 0 aromatic carbocycles. The fourth-order valence-corrected chi connectivity index (χ4v) is 2.75. The third-order valence-corrected chi connectivity index (χ3v) is 3.31. The van der Waals surface area contributed by atoms with Gasteiger partial charge in [0.1, 0.15) is 0 Å². The standard InChI is InChI=1S/C16H21NO2/c1-12-8-14(10-16(2,3)9-12)17-15(18)5-4-13-6-7-19-11-13/h4-8,11,14H,9-10H2,1-3H3,(H,17,18)/b5-4+. The third-order valence-electron chi connectivity index (χ3n) is 3.31. The molecular formula is C16H21NO2. The number of hydrogen-bond donors (Lipinski definition) is 1. The minimum absolute atomic E-state index is 0.0621. The van der Waals surface area contributed by atoms with Crippen molar-refractivity contribution in [1.29, 1.82) is 0 Å². The lowest BCUT2D eigenvalue weighted by molar-refractivity contribution is -0.117. The van der Waals surface area contributed by atoms with Crippen LogP contribution in [0.15, 0.2) is 40.7 Å². The topological polar surface area (TPSA) is 42.2 Å². The Labute approximate surface area is 114 Å². The summed E-state index contributed by atoms with van der Waals surface area (Å²) in [5.41, 5.74) is 2.50. The van der Waals surface area contributed by atoms with E-state index in [1.165, 1.54) is 5.57 Å². The first-order chi connectivity index (χ1) is 8.94.